The van der Waals surface area contributed by atoms with Crippen molar-refractivity contribution in [1.82, 2.24) is 0 Å². The Morgan fingerprint density at radius 3 is 2.50 bits per heavy atom. The highest BCUT2D eigenvalue weighted by Crippen LogP contribution is 2.68. The molecule has 4 aliphatic carbocycles. The minimum absolute atomic E-state index is 0.0877. The summed E-state index contributed by atoms with van der Waals surface area (Å²) in [5.74, 6) is 3.35. The molecule has 0 saturated heterocycles. The second-order valence-electron chi connectivity index (χ2n) is 12.3. The maximum atomic E-state index is 11.1. The quantitative estimate of drug-likeness (QED) is 0.646. The fourth-order valence-electron chi connectivity index (χ4n) is 9.35. The highest BCUT2D eigenvalue weighted by molar-refractivity contribution is 5.66. The van der Waals surface area contributed by atoms with Gasteiger partial charge in [-0.3, -0.25) is 0 Å². The number of aliphatic carboxylic acids is 1. The Kier molecular flexibility index (Phi) is 6.34. The Hall–Kier alpha value is -0.570. The van der Waals surface area contributed by atoms with Gasteiger partial charge in [-0.05, 0) is 110 Å². The minimum Gasteiger partial charge on any atom is -0.550 e. The molecule has 0 heterocycles. The first-order valence-electron chi connectivity index (χ1n) is 13.1. The van der Waals surface area contributed by atoms with Gasteiger partial charge in [0.25, 0.3) is 0 Å². The van der Waals surface area contributed by atoms with Crippen LogP contribution in [0, 0.1) is 52.3 Å². The number of carbonyl (C=O) groups excluding carboxylic acids is 1. The van der Waals surface area contributed by atoms with Crippen LogP contribution in [0.4, 0.5) is 0 Å². The van der Waals surface area contributed by atoms with E-state index < -0.39 is 5.97 Å². The number of aliphatic hydroxyl groups is 1. The molecule has 4 aliphatic rings. The zero-order valence-electron chi connectivity index (χ0n) is 19.9. The van der Waals surface area contributed by atoms with Gasteiger partial charge in [0.2, 0.25) is 0 Å². The van der Waals surface area contributed by atoms with Gasteiger partial charge >= 0.3 is 0 Å². The Bertz CT molecular complexity index is 632. The molecule has 0 aromatic heterocycles. The summed E-state index contributed by atoms with van der Waals surface area (Å²) >= 11 is 0. The zero-order chi connectivity index (χ0) is 21.7. The van der Waals surface area contributed by atoms with E-state index in [1.165, 1.54) is 51.4 Å². The standard InChI is InChI=1S/C27H46O3/c1-17(7-5-8-18(2)25(29)30)21-13-14-22-20-12-11-19-9-6-10-24(28)27(19,4)23(20)15-16-26(21,22)3/h17-24,28H,5-16H2,1-4H3,(H,29,30)/p-1/t17-,18?,19+,20+,21-,22+,23+,24?,26-,27+/m1/s1. The fraction of sp³-hybridized carbons (Fsp3) is 0.963. The number of carboxylic acid groups (broad SMARTS) is 1. The van der Waals surface area contributed by atoms with Gasteiger partial charge in [-0.2, -0.15) is 0 Å². The van der Waals surface area contributed by atoms with Crippen LogP contribution in [0.25, 0.3) is 0 Å². The fourth-order valence-corrected chi connectivity index (χ4v) is 9.35. The van der Waals surface area contributed by atoms with Crippen molar-refractivity contribution in [1.29, 1.82) is 0 Å². The lowest BCUT2D eigenvalue weighted by atomic mass is 9.44. The van der Waals surface area contributed by atoms with Gasteiger partial charge in [-0.25, -0.2) is 0 Å². The molecule has 4 fully saturated rings. The number of rotatable bonds is 6. The van der Waals surface area contributed by atoms with Crippen molar-refractivity contribution in [2.24, 2.45) is 52.3 Å². The van der Waals surface area contributed by atoms with Crippen molar-refractivity contribution in [3.8, 4) is 0 Å². The van der Waals surface area contributed by atoms with Crippen molar-refractivity contribution in [2.75, 3.05) is 0 Å². The molecular weight excluding hydrogens is 372 g/mol. The minimum atomic E-state index is -0.900. The summed E-state index contributed by atoms with van der Waals surface area (Å²) in [5.41, 5.74) is 0.608. The molecule has 0 aromatic rings. The molecule has 30 heavy (non-hydrogen) atoms. The van der Waals surface area contributed by atoms with Gasteiger partial charge in [0.15, 0.2) is 0 Å². The van der Waals surface area contributed by atoms with Crippen LogP contribution in [-0.4, -0.2) is 17.2 Å². The van der Waals surface area contributed by atoms with Crippen molar-refractivity contribution >= 4 is 5.97 Å². The van der Waals surface area contributed by atoms with Crippen LogP contribution < -0.4 is 5.11 Å². The van der Waals surface area contributed by atoms with E-state index in [2.05, 4.69) is 20.8 Å². The highest BCUT2D eigenvalue weighted by Gasteiger charge is 2.61. The van der Waals surface area contributed by atoms with Crippen LogP contribution in [0.5, 0.6) is 0 Å². The molecule has 0 bridgehead atoms. The molecule has 0 amide bonds. The number of hydrogen-bond acceptors (Lipinski definition) is 3. The molecule has 0 radical (unpaired) electrons. The van der Waals surface area contributed by atoms with Crippen molar-refractivity contribution < 1.29 is 15.0 Å². The molecule has 4 saturated carbocycles. The predicted molar refractivity (Wildman–Crippen MR) is 118 cm³/mol. The van der Waals surface area contributed by atoms with E-state index in [-0.39, 0.29) is 17.4 Å². The first-order valence-corrected chi connectivity index (χ1v) is 13.1. The van der Waals surface area contributed by atoms with Gasteiger partial charge in [0, 0.05) is 5.97 Å². The second kappa shape index (κ2) is 8.41. The normalized spacial score (nSPS) is 47.6. The number of carbonyl (C=O) groups is 1. The predicted octanol–water partition coefficient (Wildman–Crippen LogP) is 5.20. The van der Waals surface area contributed by atoms with Crippen LogP contribution in [0.1, 0.15) is 105 Å². The Labute approximate surface area is 184 Å². The van der Waals surface area contributed by atoms with E-state index in [0.29, 0.717) is 11.3 Å². The van der Waals surface area contributed by atoms with Gasteiger partial charge < -0.3 is 15.0 Å². The molecule has 0 aliphatic heterocycles. The van der Waals surface area contributed by atoms with E-state index in [4.69, 9.17) is 0 Å². The van der Waals surface area contributed by atoms with Gasteiger partial charge in [0.05, 0.1) is 6.10 Å². The lowest BCUT2D eigenvalue weighted by Gasteiger charge is -2.62. The zero-order valence-corrected chi connectivity index (χ0v) is 19.9. The first kappa shape index (κ1) is 22.6. The maximum Gasteiger partial charge on any atom is 0.0599 e. The van der Waals surface area contributed by atoms with E-state index >= 15 is 0 Å². The van der Waals surface area contributed by atoms with E-state index in [0.717, 1.165) is 55.3 Å². The summed E-state index contributed by atoms with van der Waals surface area (Å²) in [6, 6.07) is 0. The third-order valence-corrected chi connectivity index (χ3v) is 11.2. The van der Waals surface area contributed by atoms with Crippen LogP contribution in [-0.2, 0) is 4.79 Å². The summed E-state index contributed by atoms with van der Waals surface area (Å²) in [5, 5.41) is 22.1. The first-order chi connectivity index (χ1) is 14.2. The highest BCUT2D eigenvalue weighted by atomic mass is 16.4. The van der Waals surface area contributed by atoms with E-state index in [1.54, 1.807) is 6.92 Å². The SMILES string of the molecule is CC(CCC[C@@H](C)[C@H]1CC[C@H]2[C@@H]3CC[C@@H]4CCCC(O)[C@]4(C)[C@H]3CC[C@]12C)C(=O)[O-]. The van der Waals surface area contributed by atoms with Crippen molar-refractivity contribution in [2.45, 2.75) is 111 Å². The van der Waals surface area contributed by atoms with Gasteiger partial charge in [0.1, 0.15) is 0 Å². The summed E-state index contributed by atoms with van der Waals surface area (Å²) in [4.78, 5) is 11.0. The number of carboxylic acids is 1. The summed E-state index contributed by atoms with van der Waals surface area (Å²) in [6.07, 6.45) is 14.5. The molecular formula is C27H45O3-. The number of fused-ring (bicyclic) bond motifs is 5. The monoisotopic (exact) mass is 417 g/mol. The maximum absolute atomic E-state index is 11.1. The molecule has 172 valence electrons. The lowest BCUT2D eigenvalue weighted by Crippen LogP contribution is -2.57. The average Bonchev–Trinajstić information content (AvgIpc) is 3.06. The van der Waals surface area contributed by atoms with Gasteiger partial charge in [-0.15, -0.1) is 0 Å². The Morgan fingerprint density at radius 1 is 1.00 bits per heavy atom. The second-order valence-corrected chi connectivity index (χ2v) is 12.3. The van der Waals surface area contributed by atoms with Gasteiger partial charge in [-0.1, -0.05) is 47.0 Å². The summed E-state index contributed by atoms with van der Waals surface area (Å²) in [6.45, 7) is 9.26. The van der Waals surface area contributed by atoms with Crippen LogP contribution in [0.15, 0.2) is 0 Å². The molecule has 1 N–H and O–H groups in total. The van der Waals surface area contributed by atoms with E-state index in [1.807, 2.05) is 0 Å². The van der Waals surface area contributed by atoms with E-state index in [9.17, 15) is 15.0 Å². The van der Waals surface area contributed by atoms with Crippen LogP contribution in [0.3, 0.4) is 0 Å². The molecule has 0 spiro atoms. The topological polar surface area (TPSA) is 60.4 Å². The third-order valence-electron chi connectivity index (χ3n) is 11.2. The largest absolute Gasteiger partial charge is 0.550 e. The third kappa shape index (κ3) is 3.55. The number of hydrogen-bond donors (Lipinski definition) is 1. The van der Waals surface area contributed by atoms with Crippen LogP contribution >= 0.6 is 0 Å². The summed E-state index contributed by atoms with van der Waals surface area (Å²) < 4.78 is 0. The smallest absolute Gasteiger partial charge is 0.0599 e. The molecule has 4 rings (SSSR count). The average molecular weight is 418 g/mol. The Balaban J connectivity index is 1.44. The summed E-state index contributed by atoms with van der Waals surface area (Å²) in [7, 11) is 0. The Morgan fingerprint density at radius 2 is 1.77 bits per heavy atom. The number of aliphatic hydroxyl groups excluding tert-OH is 1. The van der Waals surface area contributed by atoms with Crippen LogP contribution in [0.2, 0.25) is 0 Å². The molecule has 2 unspecified atom stereocenters. The molecule has 3 heteroatoms. The van der Waals surface area contributed by atoms with Crippen molar-refractivity contribution in [3.63, 3.8) is 0 Å². The van der Waals surface area contributed by atoms with Crippen molar-refractivity contribution in [3.05, 3.63) is 0 Å². The molecule has 0 aromatic carbocycles. The molecule has 3 nitrogen and oxygen atoms in total. The molecule has 10 atom stereocenters. The lowest BCUT2D eigenvalue weighted by molar-refractivity contribution is -0.311.